The Bertz CT molecular complexity index is 303. The third-order valence-corrected chi connectivity index (χ3v) is 2.78. The van der Waals surface area contributed by atoms with E-state index >= 15 is 0 Å². The van der Waals surface area contributed by atoms with Crippen LogP contribution in [0.1, 0.15) is 12.8 Å². The maximum Gasteiger partial charge on any atom is 0.253 e. The largest absolute Gasteiger partial charge is 0.324 e. The Morgan fingerprint density at radius 1 is 1.33 bits per heavy atom. The molecule has 0 unspecified atom stereocenters. The molecule has 1 saturated carbocycles. The molecular formula is C10H15N3O2. The van der Waals surface area contributed by atoms with E-state index in [9.17, 15) is 9.59 Å². The maximum atomic E-state index is 11.2. The Kier molecular flexibility index (Phi) is 2.58. The number of nitrogens with two attached hydrogens (primary N) is 1. The summed E-state index contributed by atoms with van der Waals surface area (Å²) in [4.78, 5) is 23.5. The third kappa shape index (κ3) is 2.43. The van der Waals surface area contributed by atoms with Crippen LogP contribution in [0, 0.1) is 0 Å². The number of hydrogen-bond donors (Lipinski definition) is 2. The lowest BCUT2D eigenvalue weighted by Crippen LogP contribution is -2.41. The van der Waals surface area contributed by atoms with Crippen LogP contribution in [0.3, 0.4) is 0 Å². The molecule has 1 aliphatic heterocycles. The molecule has 1 heterocycles. The normalized spacial score (nSPS) is 22.6. The molecule has 82 valence electrons. The number of amides is 2. The Balaban J connectivity index is 1.65. The first kappa shape index (κ1) is 10.3. The van der Waals surface area contributed by atoms with E-state index in [4.69, 9.17) is 5.73 Å². The van der Waals surface area contributed by atoms with Gasteiger partial charge in [-0.2, -0.15) is 0 Å². The molecule has 1 aliphatic carbocycles. The third-order valence-electron chi connectivity index (χ3n) is 2.78. The van der Waals surface area contributed by atoms with E-state index in [0.717, 1.165) is 19.4 Å². The fraction of sp³-hybridized carbons (Fsp3) is 0.600. The van der Waals surface area contributed by atoms with Gasteiger partial charge in [-0.15, -0.1) is 0 Å². The molecule has 0 atom stereocenters. The van der Waals surface area contributed by atoms with Gasteiger partial charge in [0.1, 0.15) is 0 Å². The highest BCUT2D eigenvalue weighted by atomic mass is 16.2. The summed E-state index contributed by atoms with van der Waals surface area (Å²) in [5, 5.41) is 3.16. The van der Waals surface area contributed by atoms with Crippen molar-refractivity contribution in [3.63, 3.8) is 0 Å². The van der Waals surface area contributed by atoms with Crippen LogP contribution in [0.4, 0.5) is 0 Å². The topological polar surface area (TPSA) is 75.4 Å². The monoisotopic (exact) mass is 209 g/mol. The molecule has 15 heavy (non-hydrogen) atoms. The molecule has 5 nitrogen and oxygen atoms in total. The highest BCUT2D eigenvalue weighted by Crippen LogP contribution is 2.30. The van der Waals surface area contributed by atoms with E-state index in [1.54, 1.807) is 0 Å². The first-order chi connectivity index (χ1) is 7.11. The molecular weight excluding hydrogens is 194 g/mol. The number of carbonyl (C=O) groups is 2. The Morgan fingerprint density at radius 2 is 1.93 bits per heavy atom. The lowest BCUT2D eigenvalue weighted by molar-refractivity contribution is -0.136. The molecule has 2 aliphatic rings. The SMILES string of the molecule is NC1(CNCCN2C(=O)C=CC2=O)CC1. The van der Waals surface area contributed by atoms with Crippen molar-refractivity contribution < 1.29 is 9.59 Å². The van der Waals surface area contributed by atoms with Crippen molar-refractivity contribution in [2.45, 2.75) is 18.4 Å². The van der Waals surface area contributed by atoms with Crippen molar-refractivity contribution in [2.75, 3.05) is 19.6 Å². The van der Waals surface area contributed by atoms with Gasteiger partial charge < -0.3 is 11.1 Å². The number of nitrogens with zero attached hydrogens (tertiary/aromatic N) is 1. The minimum absolute atomic E-state index is 0.0305. The zero-order valence-corrected chi connectivity index (χ0v) is 8.53. The number of hydrogen-bond acceptors (Lipinski definition) is 4. The lowest BCUT2D eigenvalue weighted by Gasteiger charge is -2.15. The van der Waals surface area contributed by atoms with Gasteiger partial charge in [0.15, 0.2) is 0 Å². The summed E-state index contributed by atoms with van der Waals surface area (Å²) < 4.78 is 0. The van der Waals surface area contributed by atoms with E-state index in [1.807, 2.05) is 0 Å². The minimum atomic E-state index is -0.226. The second-order valence-corrected chi connectivity index (χ2v) is 4.20. The van der Waals surface area contributed by atoms with Crippen LogP contribution < -0.4 is 11.1 Å². The average molecular weight is 209 g/mol. The zero-order chi connectivity index (χ0) is 10.9. The number of carbonyl (C=O) groups excluding carboxylic acids is 2. The first-order valence-corrected chi connectivity index (χ1v) is 5.14. The summed E-state index contributed by atoms with van der Waals surface area (Å²) in [6.45, 7) is 1.79. The fourth-order valence-electron chi connectivity index (χ4n) is 1.52. The van der Waals surface area contributed by atoms with Gasteiger partial charge in [0.2, 0.25) is 0 Å². The van der Waals surface area contributed by atoms with Crippen molar-refractivity contribution in [1.29, 1.82) is 0 Å². The van der Waals surface area contributed by atoms with Crippen molar-refractivity contribution in [3.05, 3.63) is 12.2 Å². The van der Waals surface area contributed by atoms with Gasteiger partial charge in [-0.25, -0.2) is 0 Å². The van der Waals surface area contributed by atoms with E-state index in [0.29, 0.717) is 13.1 Å². The zero-order valence-electron chi connectivity index (χ0n) is 8.53. The van der Waals surface area contributed by atoms with E-state index in [-0.39, 0.29) is 17.4 Å². The van der Waals surface area contributed by atoms with Gasteiger partial charge in [-0.05, 0) is 12.8 Å². The quantitative estimate of drug-likeness (QED) is 0.449. The Morgan fingerprint density at radius 3 is 2.47 bits per heavy atom. The fourth-order valence-corrected chi connectivity index (χ4v) is 1.52. The van der Waals surface area contributed by atoms with Crippen molar-refractivity contribution in [3.8, 4) is 0 Å². The minimum Gasteiger partial charge on any atom is -0.324 e. The predicted molar refractivity (Wildman–Crippen MR) is 54.9 cm³/mol. The molecule has 0 spiro atoms. The van der Waals surface area contributed by atoms with Crippen molar-refractivity contribution in [2.24, 2.45) is 5.73 Å². The van der Waals surface area contributed by atoms with Gasteiger partial charge in [0.05, 0.1) is 0 Å². The summed E-state index contributed by atoms with van der Waals surface area (Å²) in [7, 11) is 0. The molecule has 0 radical (unpaired) electrons. The lowest BCUT2D eigenvalue weighted by atomic mass is 10.3. The maximum absolute atomic E-state index is 11.2. The second kappa shape index (κ2) is 3.75. The van der Waals surface area contributed by atoms with E-state index < -0.39 is 0 Å². The van der Waals surface area contributed by atoms with Crippen LogP contribution in [0.2, 0.25) is 0 Å². The summed E-state index contributed by atoms with van der Waals surface area (Å²) in [5.74, 6) is -0.452. The van der Waals surface area contributed by atoms with Gasteiger partial charge in [0, 0.05) is 37.3 Å². The van der Waals surface area contributed by atoms with E-state index in [1.165, 1.54) is 17.1 Å². The summed E-state index contributed by atoms with van der Waals surface area (Å²) in [5.41, 5.74) is 5.84. The van der Waals surface area contributed by atoms with Crippen molar-refractivity contribution in [1.82, 2.24) is 10.2 Å². The Labute approximate surface area is 88.3 Å². The summed E-state index contributed by atoms with van der Waals surface area (Å²) in [6.07, 6.45) is 4.72. The molecule has 0 bridgehead atoms. The summed E-state index contributed by atoms with van der Waals surface area (Å²) >= 11 is 0. The van der Waals surface area contributed by atoms with Gasteiger partial charge in [-0.1, -0.05) is 0 Å². The van der Waals surface area contributed by atoms with Gasteiger partial charge in [0.25, 0.3) is 11.8 Å². The second-order valence-electron chi connectivity index (χ2n) is 4.20. The molecule has 0 aromatic carbocycles. The highest BCUT2D eigenvalue weighted by molar-refractivity contribution is 6.12. The van der Waals surface area contributed by atoms with Gasteiger partial charge >= 0.3 is 0 Å². The summed E-state index contributed by atoms with van der Waals surface area (Å²) in [6, 6.07) is 0. The highest BCUT2D eigenvalue weighted by Gasteiger charge is 2.37. The van der Waals surface area contributed by atoms with Gasteiger partial charge in [-0.3, -0.25) is 14.5 Å². The van der Waals surface area contributed by atoms with Crippen LogP contribution in [0.15, 0.2) is 12.2 Å². The van der Waals surface area contributed by atoms with Crippen LogP contribution in [-0.2, 0) is 9.59 Å². The van der Waals surface area contributed by atoms with Crippen LogP contribution in [0.25, 0.3) is 0 Å². The van der Waals surface area contributed by atoms with E-state index in [2.05, 4.69) is 5.32 Å². The molecule has 2 rings (SSSR count). The average Bonchev–Trinajstić information content (AvgIpc) is 2.84. The standard InChI is InChI=1S/C10H15N3O2/c11-10(3-4-10)7-12-5-6-13-8(14)1-2-9(13)15/h1-2,12H,3-7,11H2. The number of imide groups is 1. The van der Waals surface area contributed by atoms with Crippen molar-refractivity contribution >= 4 is 11.8 Å². The van der Waals surface area contributed by atoms with Crippen LogP contribution >= 0.6 is 0 Å². The first-order valence-electron chi connectivity index (χ1n) is 5.14. The molecule has 2 amide bonds. The Hall–Kier alpha value is -1.20. The number of rotatable bonds is 5. The van der Waals surface area contributed by atoms with Crippen LogP contribution in [-0.4, -0.2) is 41.9 Å². The molecule has 0 aromatic rings. The molecule has 0 aromatic heterocycles. The molecule has 5 heteroatoms. The van der Waals surface area contributed by atoms with Crippen LogP contribution in [0.5, 0.6) is 0 Å². The molecule has 3 N–H and O–H groups in total. The molecule has 1 fully saturated rings. The predicted octanol–water partition coefficient (Wildman–Crippen LogP) is -1.01. The molecule has 0 saturated heterocycles. The number of nitrogens with one attached hydrogen (secondary N) is 1. The smallest absolute Gasteiger partial charge is 0.253 e.